The van der Waals surface area contributed by atoms with E-state index in [0.717, 1.165) is 16.8 Å². The lowest BCUT2D eigenvalue weighted by Gasteiger charge is -2.29. The number of thioether (sulfide) groups is 1. The fourth-order valence-electron chi connectivity index (χ4n) is 1.49. The van der Waals surface area contributed by atoms with Gasteiger partial charge in [0.05, 0.1) is 5.69 Å². The van der Waals surface area contributed by atoms with Crippen molar-refractivity contribution in [3.8, 4) is 0 Å². The molecule has 1 aliphatic heterocycles. The smallest absolute Gasteiger partial charge is 0.308 e. The molecule has 1 fully saturated rings. The second kappa shape index (κ2) is 5.23. The average molecular weight is 272 g/mol. The molecule has 1 aliphatic rings. The zero-order valence-corrected chi connectivity index (χ0v) is 10.8. The Bertz CT molecular complexity index is 460. The molecule has 0 aromatic heterocycles. The Labute approximate surface area is 104 Å². The van der Waals surface area contributed by atoms with Crippen LogP contribution in [-0.2, 0) is 4.57 Å². The number of para-hydroxylation sites is 1. The highest BCUT2D eigenvalue weighted by atomic mass is 32.2. The molecule has 2 rings (SSSR count). The fourth-order valence-corrected chi connectivity index (χ4v) is 3.52. The summed E-state index contributed by atoms with van der Waals surface area (Å²) in [6, 6.07) is 9.17. The molecule has 2 N–H and O–H groups in total. The molecule has 0 amide bonds. The van der Waals surface area contributed by atoms with E-state index in [4.69, 9.17) is 0 Å². The van der Waals surface area contributed by atoms with Crippen LogP contribution in [0.3, 0.4) is 0 Å². The number of benzene rings is 1. The highest BCUT2D eigenvalue weighted by Crippen LogP contribution is 2.44. The summed E-state index contributed by atoms with van der Waals surface area (Å²) >= 11 is 1.38. The lowest BCUT2D eigenvalue weighted by atomic mass is 10.3. The Hall–Kier alpha value is -0.810. The second-order valence-corrected chi connectivity index (χ2v) is 6.14. The summed E-state index contributed by atoms with van der Waals surface area (Å²) in [6.07, 6.45) is 0.754. The maximum absolute atomic E-state index is 11.3. The molecule has 1 aromatic carbocycles. The highest BCUT2D eigenvalue weighted by molar-refractivity contribution is 8.14. The van der Waals surface area contributed by atoms with Gasteiger partial charge in [-0.25, -0.2) is 9.56 Å². The first kappa shape index (κ1) is 12.6. The number of aliphatic imine (C=N–C) groups is 1. The molecule has 1 heterocycles. The quantitative estimate of drug-likeness (QED) is 0.807. The number of hydrogen-bond donors (Lipinski definition) is 2. The van der Waals surface area contributed by atoms with E-state index in [-0.39, 0.29) is 0 Å². The van der Waals surface area contributed by atoms with Crippen LogP contribution in [0.1, 0.15) is 6.42 Å². The van der Waals surface area contributed by atoms with Crippen molar-refractivity contribution in [3.05, 3.63) is 30.3 Å². The minimum atomic E-state index is -4.25. The van der Waals surface area contributed by atoms with Gasteiger partial charge in [0, 0.05) is 12.3 Å². The van der Waals surface area contributed by atoms with Crippen molar-refractivity contribution in [2.45, 2.75) is 6.42 Å². The van der Waals surface area contributed by atoms with Crippen LogP contribution in [0.5, 0.6) is 0 Å². The predicted octanol–water partition coefficient (Wildman–Crippen LogP) is 2.21. The van der Waals surface area contributed by atoms with Gasteiger partial charge < -0.3 is 9.79 Å². The second-order valence-electron chi connectivity index (χ2n) is 3.57. The maximum atomic E-state index is 11.3. The van der Waals surface area contributed by atoms with Crippen LogP contribution in [0, 0.1) is 0 Å². The lowest BCUT2D eigenvalue weighted by molar-refractivity contribution is 0.316. The van der Waals surface area contributed by atoms with Gasteiger partial charge in [-0.05, 0) is 18.6 Å². The molecule has 0 saturated carbocycles. The SMILES string of the molecule is O=P(O)(O)N1CCCSC1=Nc1ccccc1. The van der Waals surface area contributed by atoms with E-state index in [1.54, 1.807) is 12.1 Å². The molecule has 7 heteroatoms. The van der Waals surface area contributed by atoms with Crippen molar-refractivity contribution in [1.82, 2.24) is 4.67 Å². The average Bonchev–Trinajstić information content (AvgIpc) is 2.30. The summed E-state index contributed by atoms with van der Waals surface area (Å²) in [5.41, 5.74) is 0.704. The third-order valence-corrected chi connectivity index (χ3v) is 4.48. The molecule has 0 atom stereocenters. The van der Waals surface area contributed by atoms with Crippen LogP contribution in [0.25, 0.3) is 0 Å². The molecule has 0 unspecified atom stereocenters. The zero-order valence-electron chi connectivity index (χ0n) is 9.06. The van der Waals surface area contributed by atoms with Crippen LogP contribution in [0.15, 0.2) is 35.3 Å². The Morgan fingerprint density at radius 2 is 2.00 bits per heavy atom. The van der Waals surface area contributed by atoms with Gasteiger partial charge in [0.25, 0.3) is 0 Å². The third kappa shape index (κ3) is 3.33. The Morgan fingerprint density at radius 1 is 1.29 bits per heavy atom. The summed E-state index contributed by atoms with van der Waals surface area (Å²) in [7, 11) is -4.25. The van der Waals surface area contributed by atoms with Gasteiger partial charge >= 0.3 is 7.75 Å². The van der Waals surface area contributed by atoms with Gasteiger partial charge in [-0.3, -0.25) is 4.67 Å². The maximum Gasteiger partial charge on any atom is 0.431 e. The molecule has 92 valence electrons. The van der Waals surface area contributed by atoms with Crippen molar-refractivity contribution in [3.63, 3.8) is 0 Å². The first-order valence-corrected chi connectivity index (χ1v) is 7.72. The Kier molecular flexibility index (Phi) is 3.89. The zero-order chi connectivity index (χ0) is 12.3. The fraction of sp³-hybridized carbons (Fsp3) is 0.300. The van der Waals surface area contributed by atoms with Gasteiger partial charge in [-0.15, -0.1) is 0 Å². The van der Waals surface area contributed by atoms with E-state index in [0.29, 0.717) is 17.4 Å². The van der Waals surface area contributed by atoms with Crippen LogP contribution in [-0.4, -0.2) is 31.9 Å². The Morgan fingerprint density at radius 3 is 2.65 bits per heavy atom. The van der Waals surface area contributed by atoms with E-state index in [9.17, 15) is 14.4 Å². The van der Waals surface area contributed by atoms with E-state index >= 15 is 0 Å². The number of rotatable bonds is 2. The minimum absolute atomic E-state index is 0.350. The van der Waals surface area contributed by atoms with E-state index in [1.807, 2.05) is 18.2 Å². The Balaban J connectivity index is 2.29. The summed E-state index contributed by atoms with van der Waals surface area (Å²) in [4.78, 5) is 22.7. The standard InChI is InChI=1S/C10H13N2O3PS/c13-16(14,15)12-7-4-8-17-10(12)11-9-5-2-1-3-6-9/h1-3,5-6H,4,7-8H2,(H2,13,14,15). The first-order chi connectivity index (χ1) is 8.07. The topological polar surface area (TPSA) is 73.1 Å². The van der Waals surface area contributed by atoms with Crippen molar-refractivity contribution in [2.75, 3.05) is 12.3 Å². The van der Waals surface area contributed by atoms with Crippen molar-refractivity contribution in [2.24, 2.45) is 4.99 Å². The van der Waals surface area contributed by atoms with Crippen LogP contribution in [0.4, 0.5) is 5.69 Å². The van der Waals surface area contributed by atoms with Crippen LogP contribution >= 0.6 is 19.5 Å². The summed E-state index contributed by atoms with van der Waals surface area (Å²) in [5, 5.41) is 0.399. The number of amidine groups is 1. The van der Waals surface area contributed by atoms with Gasteiger partial charge in [-0.1, -0.05) is 30.0 Å². The highest BCUT2D eigenvalue weighted by Gasteiger charge is 2.31. The largest absolute Gasteiger partial charge is 0.431 e. The number of hydrogen-bond acceptors (Lipinski definition) is 3. The molecule has 0 radical (unpaired) electrons. The van der Waals surface area contributed by atoms with E-state index < -0.39 is 7.75 Å². The predicted molar refractivity (Wildman–Crippen MR) is 69.4 cm³/mol. The van der Waals surface area contributed by atoms with Gasteiger partial charge in [0.15, 0.2) is 5.17 Å². The molecule has 0 spiro atoms. The van der Waals surface area contributed by atoms with Crippen LogP contribution < -0.4 is 0 Å². The summed E-state index contributed by atoms with van der Waals surface area (Å²) < 4.78 is 12.4. The normalized spacial score (nSPS) is 19.6. The molecule has 5 nitrogen and oxygen atoms in total. The monoisotopic (exact) mass is 272 g/mol. The van der Waals surface area contributed by atoms with Gasteiger partial charge in [0.2, 0.25) is 0 Å². The summed E-state index contributed by atoms with van der Waals surface area (Å²) in [5.74, 6) is 0.835. The first-order valence-electron chi connectivity index (χ1n) is 5.17. The minimum Gasteiger partial charge on any atom is -0.308 e. The number of nitrogens with zero attached hydrogens (tertiary/aromatic N) is 2. The molecular formula is C10H13N2O3PS. The van der Waals surface area contributed by atoms with Crippen LogP contribution in [0.2, 0.25) is 0 Å². The van der Waals surface area contributed by atoms with Crippen molar-refractivity contribution < 1.29 is 14.4 Å². The molecular weight excluding hydrogens is 259 g/mol. The third-order valence-electron chi connectivity index (χ3n) is 2.26. The molecule has 0 bridgehead atoms. The van der Waals surface area contributed by atoms with Gasteiger partial charge in [0.1, 0.15) is 0 Å². The van der Waals surface area contributed by atoms with Gasteiger partial charge in [-0.2, -0.15) is 0 Å². The van der Waals surface area contributed by atoms with E-state index in [1.165, 1.54) is 11.8 Å². The summed E-state index contributed by atoms with van der Waals surface area (Å²) in [6.45, 7) is 0.350. The molecule has 1 aromatic rings. The molecule has 1 saturated heterocycles. The molecule has 17 heavy (non-hydrogen) atoms. The lowest BCUT2D eigenvalue weighted by Crippen LogP contribution is -2.31. The van der Waals surface area contributed by atoms with Crippen molar-refractivity contribution >= 4 is 30.4 Å². The molecule has 0 aliphatic carbocycles. The van der Waals surface area contributed by atoms with E-state index in [2.05, 4.69) is 4.99 Å². The van der Waals surface area contributed by atoms with Crippen molar-refractivity contribution in [1.29, 1.82) is 0 Å².